The number of aromatic nitrogens is 4. The Morgan fingerprint density at radius 3 is 2.78 bits per heavy atom. The molecule has 0 amide bonds. The lowest BCUT2D eigenvalue weighted by Crippen LogP contribution is -2.02. The number of hydrogen-bond acceptors (Lipinski definition) is 6. The molecule has 0 saturated carbocycles. The maximum Gasteiger partial charge on any atom is 0.175 e. The number of hydrogen-bond donors (Lipinski definition) is 1. The van der Waals surface area contributed by atoms with Crippen LogP contribution in [0.15, 0.2) is 60.4 Å². The second-order valence-electron chi connectivity index (χ2n) is 5.64. The van der Waals surface area contributed by atoms with E-state index >= 15 is 0 Å². The number of methoxy groups -OCH3 is 1. The van der Waals surface area contributed by atoms with Gasteiger partial charge < -0.3 is 15.0 Å². The number of allylic oxidation sites excluding steroid dienone is 1. The average Bonchev–Trinajstić information content (AvgIpc) is 3.04. The van der Waals surface area contributed by atoms with E-state index in [4.69, 9.17) is 15.5 Å². The fourth-order valence-corrected chi connectivity index (χ4v) is 3.55. The number of imidazole rings is 1. The number of rotatable bonds is 7. The van der Waals surface area contributed by atoms with Crippen molar-refractivity contribution in [3.8, 4) is 5.75 Å². The van der Waals surface area contributed by atoms with E-state index in [0.717, 1.165) is 46.4 Å². The van der Waals surface area contributed by atoms with Crippen LogP contribution < -0.4 is 10.5 Å². The van der Waals surface area contributed by atoms with E-state index in [9.17, 15) is 0 Å². The standard InChI is InChI=1S/C18H21N5OS.C2H4/c1-4-5-6-9-23-17-15(16(19)20-11-21-17)22-18(23)25-14-10-13(24-3)8-7-12(14)2;1-2/h4,7-8,10-11H,1,5-6,9H2,2-3H3,(H2,19,20,21);1-2H2. The van der Waals surface area contributed by atoms with Gasteiger partial charge in [-0.25, -0.2) is 15.0 Å². The molecule has 7 heteroatoms. The Labute approximate surface area is 164 Å². The van der Waals surface area contributed by atoms with Crippen molar-refractivity contribution in [3.63, 3.8) is 0 Å². The molecule has 0 unspecified atom stereocenters. The van der Waals surface area contributed by atoms with Crippen molar-refractivity contribution < 1.29 is 4.74 Å². The van der Waals surface area contributed by atoms with E-state index in [0.29, 0.717) is 11.3 Å². The largest absolute Gasteiger partial charge is 0.497 e. The van der Waals surface area contributed by atoms with Crippen LogP contribution in [0, 0.1) is 6.92 Å². The fourth-order valence-electron chi connectivity index (χ4n) is 2.52. The number of nitrogens with zero attached hydrogens (tertiary/aromatic N) is 4. The van der Waals surface area contributed by atoms with Gasteiger partial charge in [0.25, 0.3) is 0 Å². The summed E-state index contributed by atoms with van der Waals surface area (Å²) in [5.74, 6) is 1.22. The van der Waals surface area contributed by atoms with Gasteiger partial charge in [0, 0.05) is 11.4 Å². The van der Waals surface area contributed by atoms with Crippen LogP contribution in [0.2, 0.25) is 0 Å². The first-order valence-corrected chi connectivity index (χ1v) is 9.35. The maximum absolute atomic E-state index is 5.99. The highest BCUT2D eigenvalue weighted by molar-refractivity contribution is 7.99. The van der Waals surface area contributed by atoms with E-state index in [1.807, 2.05) is 24.3 Å². The molecular weight excluding hydrogens is 358 g/mol. The zero-order valence-electron chi connectivity index (χ0n) is 15.8. The van der Waals surface area contributed by atoms with E-state index in [-0.39, 0.29) is 0 Å². The average molecular weight is 384 g/mol. The van der Waals surface area contributed by atoms with Crippen LogP contribution in [0.3, 0.4) is 0 Å². The molecule has 142 valence electrons. The highest BCUT2D eigenvalue weighted by Crippen LogP contribution is 2.34. The Kier molecular flexibility index (Phi) is 7.43. The first kappa shape index (κ1) is 20.5. The molecule has 2 aromatic heterocycles. The molecule has 1 aromatic carbocycles. The Morgan fingerprint density at radius 1 is 1.30 bits per heavy atom. The number of benzene rings is 1. The summed E-state index contributed by atoms with van der Waals surface area (Å²) in [5.41, 5.74) is 8.56. The Morgan fingerprint density at radius 2 is 2.07 bits per heavy atom. The predicted octanol–water partition coefficient (Wildman–Crippen LogP) is 4.65. The first-order valence-electron chi connectivity index (χ1n) is 8.54. The molecule has 2 N–H and O–H groups in total. The lowest BCUT2D eigenvalue weighted by molar-refractivity contribution is 0.413. The fraction of sp³-hybridized carbons (Fsp3) is 0.250. The lowest BCUT2D eigenvalue weighted by Gasteiger charge is -2.10. The molecule has 0 radical (unpaired) electrons. The molecule has 0 atom stereocenters. The van der Waals surface area contributed by atoms with Crippen LogP contribution in [-0.2, 0) is 6.54 Å². The molecule has 3 rings (SSSR count). The molecule has 0 aliphatic rings. The summed E-state index contributed by atoms with van der Waals surface area (Å²) >= 11 is 1.59. The normalized spacial score (nSPS) is 10.3. The van der Waals surface area contributed by atoms with Crippen molar-refractivity contribution in [1.29, 1.82) is 0 Å². The van der Waals surface area contributed by atoms with Gasteiger partial charge in [0.15, 0.2) is 22.1 Å². The van der Waals surface area contributed by atoms with Gasteiger partial charge in [-0.15, -0.1) is 19.7 Å². The number of aryl methyl sites for hydroxylation is 2. The molecule has 6 nitrogen and oxygen atoms in total. The molecule has 0 aliphatic heterocycles. The van der Waals surface area contributed by atoms with Crippen LogP contribution in [0.5, 0.6) is 5.75 Å². The zero-order chi connectivity index (χ0) is 19.8. The summed E-state index contributed by atoms with van der Waals surface area (Å²) < 4.78 is 7.44. The highest BCUT2D eigenvalue weighted by Gasteiger charge is 2.16. The number of fused-ring (bicyclic) bond motifs is 1. The van der Waals surface area contributed by atoms with Crippen LogP contribution in [0.1, 0.15) is 18.4 Å². The van der Waals surface area contributed by atoms with Gasteiger partial charge in [0.1, 0.15) is 12.1 Å². The summed E-state index contributed by atoms with van der Waals surface area (Å²) in [7, 11) is 1.67. The van der Waals surface area contributed by atoms with Crippen molar-refractivity contribution in [2.75, 3.05) is 12.8 Å². The molecular formula is C20H25N5OS. The van der Waals surface area contributed by atoms with Crippen molar-refractivity contribution in [1.82, 2.24) is 19.5 Å². The summed E-state index contributed by atoms with van der Waals surface area (Å²) in [5, 5.41) is 0.850. The molecule has 0 fully saturated rings. The third kappa shape index (κ3) is 4.68. The van der Waals surface area contributed by atoms with Gasteiger partial charge in [-0.05, 0) is 37.5 Å². The Bertz CT molecular complexity index is 922. The molecule has 0 bridgehead atoms. The zero-order valence-corrected chi connectivity index (χ0v) is 16.6. The highest BCUT2D eigenvalue weighted by atomic mass is 32.2. The summed E-state index contributed by atoms with van der Waals surface area (Å²) in [6, 6.07) is 6.01. The summed E-state index contributed by atoms with van der Waals surface area (Å²) in [4.78, 5) is 14.2. The van der Waals surface area contributed by atoms with Crippen LogP contribution in [-0.4, -0.2) is 26.6 Å². The van der Waals surface area contributed by atoms with E-state index in [2.05, 4.69) is 41.2 Å². The number of nitrogen functional groups attached to an aromatic ring is 1. The van der Waals surface area contributed by atoms with E-state index in [1.165, 1.54) is 6.33 Å². The second-order valence-corrected chi connectivity index (χ2v) is 6.65. The maximum atomic E-state index is 5.99. The monoisotopic (exact) mass is 383 g/mol. The van der Waals surface area contributed by atoms with Gasteiger partial charge in [-0.1, -0.05) is 23.9 Å². The molecule has 0 aliphatic carbocycles. The quantitative estimate of drug-likeness (QED) is 0.473. The summed E-state index contributed by atoms with van der Waals surface area (Å²) in [6.07, 6.45) is 5.29. The minimum Gasteiger partial charge on any atom is -0.497 e. The molecule has 0 saturated heterocycles. The van der Waals surface area contributed by atoms with Crippen molar-refractivity contribution in [2.45, 2.75) is 36.4 Å². The Balaban J connectivity index is 0.00000126. The number of ether oxygens (including phenoxy) is 1. The van der Waals surface area contributed by atoms with Crippen LogP contribution >= 0.6 is 11.8 Å². The van der Waals surface area contributed by atoms with Gasteiger partial charge in [0.2, 0.25) is 0 Å². The minimum atomic E-state index is 0.400. The molecule has 0 spiro atoms. The Hall–Kier alpha value is -2.80. The SMILES string of the molecule is C=C.C=CCCCn1c(Sc2cc(OC)ccc2C)nc2c(N)ncnc21. The van der Waals surface area contributed by atoms with Crippen molar-refractivity contribution in [2.24, 2.45) is 0 Å². The molecule has 27 heavy (non-hydrogen) atoms. The summed E-state index contributed by atoms with van der Waals surface area (Å²) in [6.45, 7) is 12.7. The second kappa shape index (κ2) is 9.78. The molecule has 3 aromatic rings. The first-order chi connectivity index (χ1) is 13.1. The van der Waals surface area contributed by atoms with E-state index < -0.39 is 0 Å². The number of unbranched alkanes of at least 4 members (excludes halogenated alkanes) is 1. The third-order valence-electron chi connectivity index (χ3n) is 3.91. The smallest absolute Gasteiger partial charge is 0.175 e. The predicted molar refractivity (Wildman–Crippen MR) is 112 cm³/mol. The molecule has 2 heterocycles. The van der Waals surface area contributed by atoms with Crippen molar-refractivity contribution >= 4 is 28.7 Å². The number of anilines is 1. The minimum absolute atomic E-state index is 0.400. The topological polar surface area (TPSA) is 78.9 Å². The van der Waals surface area contributed by atoms with Crippen molar-refractivity contribution in [3.05, 3.63) is 55.9 Å². The third-order valence-corrected chi connectivity index (χ3v) is 5.07. The van der Waals surface area contributed by atoms with Crippen LogP contribution in [0.4, 0.5) is 5.82 Å². The van der Waals surface area contributed by atoms with E-state index in [1.54, 1.807) is 18.9 Å². The van der Waals surface area contributed by atoms with Gasteiger partial charge in [0.05, 0.1) is 7.11 Å². The van der Waals surface area contributed by atoms with Gasteiger partial charge in [-0.3, -0.25) is 0 Å². The lowest BCUT2D eigenvalue weighted by atomic mass is 10.2. The van der Waals surface area contributed by atoms with Gasteiger partial charge in [-0.2, -0.15) is 0 Å². The van der Waals surface area contributed by atoms with Gasteiger partial charge >= 0.3 is 0 Å². The van der Waals surface area contributed by atoms with Crippen LogP contribution in [0.25, 0.3) is 11.2 Å². The number of nitrogens with two attached hydrogens (primary N) is 1.